The van der Waals surface area contributed by atoms with Crippen molar-refractivity contribution in [3.8, 4) is 51.7 Å². The quantitative estimate of drug-likeness (QED) is 0.0824. The highest BCUT2D eigenvalue weighted by molar-refractivity contribution is 6.10. The summed E-state index contributed by atoms with van der Waals surface area (Å²) in [7, 11) is 0. The van der Waals surface area contributed by atoms with Crippen molar-refractivity contribution in [1.82, 2.24) is 0 Å². The number of carbonyl (C=O) groups excluding carboxylic acids is 2. The van der Waals surface area contributed by atoms with Crippen LogP contribution in [0.2, 0.25) is 0 Å². The summed E-state index contributed by atoms with van der Waals surface area (Å²) in [6, 6.07) is 12.3. The molecule has 268 valence electrons. The van der Waals surface area contributed by atoms with Gasteiger partial charge in [0, 0.05) is 54.0 Å². The predicted molar refractivity (Wildman–Crippen MR) is 185 cm³/mol. The molecule has 0 amide bonds. The van der Waals surface area contributed by atoms with E-state index in [4.69, 9.17) is 9.47 Å². The molecule has 12 heteroatoms. The number of benzene rings is 4. The lowest BCUT2D eigenvalue weighted by Gasteiger charge is -2.43. The van der Waals surface area contributed by atoms with Crippen LogP contribution in [0.25, 0.3) is 0 Å². The lowest BCUT2D eigenvalue weighted by molar-refractivity contribution is -0.221. The lowest BCUT2D eigenvalue weighted by Crippen LogP contribution is -2.62. The third-order valence-electron chi connectivity index (χ3n) is 10.2. The molecule has 52 heavy (non-hydrogen) atoms. The number of phenols is 7. The number of allylic oxidation sites excluding steroid dienone is 3. The molecule has 0 saturated heterocycles. The highest BCUT2D eigenvalue weighted by Crippen LogP contribution is 2.60. The molecule has 5 atom stereocenters. The fraction of sp³-hybridized carbons (Fsp3) is 0.250. The first-order valence-electron chi connectivity index (χ1n) is 16.5. The molecular weight excluding hydrogens is 672 g/mol. The van der Waals surface area contributed by atoms with E-state index < -0.39 is 63.5 Å². The molecule has 3 aliphatic rings. The first kappa shape index (κ1) is 34.3. The highest BCUT2D eigenvalue weighted by Gasteiger charge is 2.70. The van der Waals surface area contributed by atoms with Gasteiger partial charge in [-0.15, -0.1) is 0 Å². The zero-order chi connectivity index (χ0) is 37.4. The van der Waals surface area contributed by atoms with Gasteiger partial charge in [0.25, 0.3) is 5.79 Å². The van der Waals surface area contributed by atoms with E-state index >= 15 is 0 Å². The van der Waals surface area contributed by atoms with E-state index in [0.717, 1.165) is 23.8 Å². The van der Waals surface area contributed by atoms with Crippen molar-refractivity contribution in [2.24, 2.45) is 5.92 Å². The van der Waals surface area contributed by atoms with Gasteiger partial charge in [-0.2, -0.15) is 0 Å². The molecule has 0 aromatic heterocycles. The summed E-state index contributed by atoms with van der Waals surface area (Å²) < 4.78 is 12.3. The SMILES string of the molecule is CC(C)=CCC12Oc3cc(O)ccc3C1(O)Oc1cc(O)c([C@@H]3C=C(C)C[C@@H](c4ccc(O)cc4O)[C@@H]3C(=O)c3ccc(O)cc3O)c(O)c1C2=O. The van der Waals surface area contributed by atoms with Crippen LogP contribution < -0.4 is 9.47 Å². The Morgan fingerprint density at radius 2 is 1.48 bits per heavy atom. The summed E-state index contributed by atoms with van der Waals surface area (Å²) in [5.41, 5.74) is -1.30. The second-order valence-corrected chi connectivity index (χ2v) is 13.9. The Kier molecular flexibility index (Phi) is 7.91. The Bertz CT molecular complexity index is 2250. The molecular formula is C40H36O12. The number of hydrogen-bond acceptors (Lipinski definition) is 12. The Morgan fingerprint density at radius 3 is 2.15 bits per heavy atom. The third-order valence-corrected chi connectivity index (χ3v) is 10.2. The van der Waals surface area contributed by atoms with Crippen molar-refractivity contribution in [2.75, 3.05) is 0 Å². The maximum atomic E-state index is 14.8. The molecule has 7 rings (SSSR count). The van der Waals surface area contributed by atoms with Gasteiger partial charge in [0.05, 0.1) is 11.1 Å². The summed E-state index contributed by atoms with van der Waals surface area (Å²) in [4.78, 5) is 29.4. The molecule has 4 aromatic rings. The summed E-state index contributed by atoms with van der Waals surface area (Å²) in [6.07, 6.45) is 3.28. The van der Waals surface area contributed by atoms with Crippen LogP contribution in [0.4, 0.5) is 0 Å². The lowest BCUT2D eigenvalue weighted by atomic mass is 9.65. The van der Waals surface area contributed by atoms with Crippen LogP contribution in [0.1, 0.15) is 82.9 Å². The largest absolute Gasteiger partial charge is 0.508 e. The number of fused-ring (bicyclic) bond motifs is 4. The molecule has 2 unspecified atom stereocenters. The minimum absolute atomic E-state index is 0.0310. The Hall–Kier alpha value is -6.14. The van der Waals surface area contributed by atoms with E-state index in [1.165, 1.54) is 42.5 Å². The standard InChI is InChI=1S/C40H36O12/c1-18(2)10-11-39-38(49)35-32(52-40(39,50)27-9-6-22(43)16-31(27)51-39)17-30(46)34(37(35)48)26-13-19(3)12-25(23-7-4-20(41)14-28(23)44)33(26)36(47)24-8-5-21(42)15-29(24)45/h4-10,13-17,25-26,33,41-46,48,50H,11-12H2,1-3H3/t25-,26+,33-,39?,40?/m0/s1. The average Bonchev–Trinajstić information content (AvgIpc) is 3.30. The first-order valence-corrected chi connectivity index (χ1v) is 16.5. The van der Waals surface area contributed by atoms with E-state index in [2.05, 4.69) is 0 Å². The molecule has 0 saturated carbocycles. The van der Waals surface area contributed by atoms with Crippen LogP contribution >= 0.6 is 0 Å². The van der Waals surface area contributed by atoms with Crippen molar-refractivity contribution in [3.05, 3.63) is 112 Å². The van der Waals surface area contributed by atoms with Gasteiger partial charge in [0.15, 0.2) is 5.78 Å². The second kappa shape index (κ2) is 12.0. The van der Waals surface area contributed by atoms with E-state index in [9.17, 15) is 50.4 Å². The summed E-state index contributed by atoms with van der Waals surface area (Å²) in [6.45, 7) is 5.31. The summed E-state index contributed by atoms with van der Waals surface area (Å²) >= 11 is 0. The Morgan fingerprint density at radius 1 is 0.827 bits per heavy atom. The van der Waals surface area contributed by atoms with Gasteiger partial charge in [-0.1, -0.05) is 29.4 Å². The van der Waals surface area contributed by atoms with E-state index in [-0.39, 0.29) is 69.6 Å². The molecule has 12 nitrogen and oxygen atoms in total. The molecule has 1 aliphatic carbocycles. The average molecular weight is 709 g/mol. The number of aliphatic hydroxyl groups is 1. The van der Waals surface area contributed by atoms with Crippen molar-refractivity contribution in [2.45, 2.75) is 56.8 Å². The molecule has 0 spiro atoms. The molecule has 4 aromatic carbocycles. The number of ether oxygens (including phenoxy) is 2. The monoisotopic (exact) mass is 708 g/mol. The zero-order valence-corrected chi connectivity index (χ0v) is 28.3. The molecule has 0 radical (unpaired) electrons. The first-order chi connectivity index (χ1) is 24.6. The number of aromatic hydroxyl groups is 7. The third kappa shape index (κ3) is 5.09. The van der Waals surface area contributed by atoms with Crippen LogP contribution in [0, 0.1) is 5.92 Å². The van der Waals surface area contributed by atoms with Gasteiger partial charge in [0.2, 0.25) is 11.4 Å². The molecule has 8 N–H and O–H groups in total. The zero-order valence-electron chi connectivity index (χ0n) is 28.3. The maximum absolute atomic E-state index is 14.8. The summed E-state index contributed by atoms with van der Waals surface area (Å²) in [5.74, 6) is -10.6. The number of Topliss-reactive ketones (excluding diaryl/α,β-unsaturated/α-hetero) is 2. The van der Waals surface area contributed by atoms with Crippen LogP contribution in [0.3, 0.4) is 0 Å². The van der Waals surface area contributed by atoms with Gasteiger partial charge in [-0.3, -0.25) is 9.59 Å². The summed E-state index contributed by atoms with van der Waals surface area (Å²) in [5, 5.41) is 87.9. The van der Waals surface area contributed by atoms with Crippen molar-refractivity contribution in [1.29, 1.82) is 0 Å². The van der Waals surface area contributed by atoms with Crippen LogP contribution in [0.5, 0.6) is 51.7 Å². The van der Waals surface area contributed by atoms with Crippen molar-refractivity contribution >= 4 is 11.6 Å². The van der Waals surface area contributed by atoms with Crippen molar-refractivity contribution in [3.63, 3.8) is 0 Å². The second-order valence-electron chi connectivity index (χ2n) is 13.9. The number of hydrogen-bond donors (Lipinski definition) is 8. The van der Waals surface area contributed by atoms with E-state index in [1.54, 1.807) is 32.9 Å². The van der Waals surface area contributed by atoms with Gasteiger partial charge < -0.3 is 50.3 Å². The molecule has 2 heterocycles. The number of ketones is 2. The Labute approximate surface area is 297 Å². The fourth-order valence-electron chi connectivity index (χ4n) is 7.81. The topological polar surface area (TPSA) is 214 Å². The minimum atomic E-state index is -2.45. The Balaban J connectivity index is 1.44. The van der Waals surface area contributed by atoms with Crippen molar-refractivity contribution < 1.29 is 59.9 Å². The number of phenolic OH excluding ortho intramolecular Hbond substituents is 7. The number of carbonyl (C=O) groups is 2. The fourth-order valence-corrected chi connectivity index (χ4v) is 7.81. The molecule has 0 bridgehead atoms. The van der Waals surface area contributed by atoms with Crippen LogP contribution in [0.15, 0.2) is 84.0 Å². The van der Waals surface area contributed by atoms with Crippen LogP contribution in [-0.2, 0) is 5.79 Å². The van der Waals surface area contributed by atoms with Crippen LogP contribution in [-0.4, -0.2) is 58.0 Å². The van der Waals surface area contributed by atoms with Gasteiger partial charge in [0.1, 0.15) is 57.3 Å². The maximum Gasteiger partial charge on any atom is 0.286 e. The number of rotatable bonds is 6. The highest BCUT2D eigenvalue weighted by atomic mass is 16.7. The normalized spacial score (nSPS) is 24.4. The van der Waals surface area contributed by atoms with Gasteiger partial charge in [-0.25, -0.2) is 0 Å². The van der Waals surface area contributed by atoms with E-state index in [1.807, 2.05) is 0 Å². The predicted octanol–water partition coefficient (Wildman–Crippen LogP) is 6.25. The van der Waals surface area contributed by atoms with Gasteiger partial charge in [-0.05, 0) is 63.1 Å². The molecule has 2 aliphatic heterocycles. The smallest absolute Gasteiger partial charge is 0.286 e. The van der Waals surface area contributed by atoms with E-state index in [0.29, 0.717) is 5.57 Å². The van der Waals surface area contributed by atoms with Gasteiger partial charge >= 0.3 is 0 Å². The minimum Gasteiger partial charge on any atom is -0.508 e. The molecule has 0 fully saturated rings.